The van der Waals surface area contributed by atoms with Gasteiger partial charge in [0.2, 0.25) is 5.88 Å². The molecule has 2 heterocycles. The van der Waals surface area contributed by atoms with E-state index in [0.29, 0.717) is 19.0 Å². The van der Waals surface area contributed by atoms with Gasteiger partial charge in [-0.1, -0.05) is 20.8 Å². The van der Waals surface area contributed by atoms with Crippen molar-refractivity contribution in [2.45, 2.75) is 33.4 Å². The highest BCUT2D eigenvalue weighted by Crippen LogP contribution is 2.35. The summed E-state index contributed by atoms with van der Waals surface area (Å²) in [6, 6.07) is 0. The summed E-state index contributed by atoms with van der Waals surface area (Å²) in [7, 11) is 0. The minimum Gasteiger partial charge on any atom is -0.477 e. The summed E-state index contributed by atoms with van der Waals surface area (Å²) in [6.45, 7) is 7.13. The van der Waals surface area contributed by atoms with Crippen LogP contribution in [0.1, 0.15) is 20.8 Å². The van der Waals surface area contributed by atoms with Crippen LogP contribution in [-0.4, -0.2) is 28.6 Å². The minimum absolute atomic E-state index is 0.0202. The van der Waals surface area contributed by atoms with Gasteiger partial charge in [0.15, 0.2) is 0 Å². The van der Waals surface area contributed by atoms with E-state index >= 15 is 0 Å². The average Bonchev–Trinajstić information content (AvgIpc) is 2.66. The summed E-state index contributed by atoms with van der Waals surface area (Å²) < 4.78 is 13.6. The maximum Gasteiger partial charge on any atom is 0.404 e. The van der Waals surface area contributed by atoms with Crippen molar-refractivity contribution in [3.63, 3.8) is 0 Å². The minimum atomic E-state index is -0.757. The highest BCUT2D eigenvalue weighted by atomic mass is 79.9. The van der Waals surface area contributed by atoms with Gasteiger partial charge in [0.05, 0.1) is 29.7 Å². The lowest BCUT2D eigenvalue weighted by Crippen LogP contribution is -2.45. The molecule has 0 saturated heterocycles. The molecule has 1 aromatic heterocycles. The largest absolute Gasteiger partial charge is 0.477 e. The van der Waals surface area contributed by atoms with Crippen LogP contribution >= 0.6 is 15.9 Å². The lowest BCUT2D eigenvalue weighted by Gasteiger charge is -2.37. The second-order valence-electron chi connectivity index (χ2n) is 5.77. The van der Waals surface area contributed by atoms with Crippen molar-refractivity contribution < 1.29 is 14.3 Å². The second kappa shape index (κ2) is 5.03. The van der Waals surface area contributed by atoms with Crippen LogP contribution in [0.25, 0.3) is 0 Å². The first-order valence-corrected chi connectivity index (χ1v) is 6.88. The topological polar surface area (TPSA) is 79.4 Å². The van der Waals surface area contributed by atoms with E-state index in [-0.39, 0.29) is 17.4 Å². The molecule has 1 amide bonds. The SMILES string of the molecule is CC(C)(C)C(OC(N)=O)C1COc2c(Br)cnn2C1. The number of carbonyl (C=O) groups is 1. The molecule has 1 aliphatic rings. The zero-order valence-corrected chi connectivity index (χ0v) is 12.8. The van der Waals surface area contributed by atoms with Gasteiger partial charge in [-0.05, 0) is 21.3 Å². The molecule has 6 nitrogen and oxygen atoms in total. The fourth-order valence-electron chi connectivity index (χ4n) is 2.37. The van der Waals surface area contributed by atoms with Gasteiger partial charge in [-0.25, -0.2) is 9.48 Å². The van der Waals surface area contributed by atoms with Crippen LogP contribution in [0.5, 0.6) is 5.88 Å². The summed E-state index contributed by atoms with van der Waals surface area (Å²) >= 11 is 3.38. The lowest BCUT2D eigenvalue weighted by atomic mass is 9.81. The summed E-state index contributed by atoms with van der Waals surface area (Å²) in [4.78, 5) is 11.1. The molecule has 1 aliphatic heterocycles. The quantitative estimate of drug-likeness (QED) is 0.900. The smallest absolute Gasteiger partial charge is 0.404 e. The standard InChI is InChI=1S/C12H18BrN3O3/c1-12(2,3)9(19-11(14)17)7-5-16-10(18-6-7)8(13)4-15-16/h4,7,9H,5-6H2,1-3H3,(H2,14,17). The average molecular weight is 332 g/mol. The molecular formula is C12H18BrN3O3. The Kier molecular flexibility index (Phi) is 3.75. The number of halogens is 1. The fraction of sp³-hybridized carbons (Fsp3) is 0.667. The molecule has 2 unspecified atom stereocenters. The molecule has 19 heavy (non-hydrogen) atoms. The summed E-state index contributed by atoms with van der Waals surface area (Å²) in [6.07, 6.45) is 0.618. The number of hydrogen-bond donors (Lipinski definition) is 1. The van der Waals surface area contributed by atoms with Crippen LogP contribution in [0.15, 0.2) is 10.7 Å². The number of primary amides is 1. The van der Waals surface area contributed by atoms with Crippen molar-refractivity contribution >= 4 is 22.0 Å². The van der Waals surface area contributed by atoms with E-state index in [2.05, 4.69) is 21.0 Å². The Bertz CT molecular complexity index is 481. The summed E-state index contributed by atoms with van der Waals surface area (Å²) in [5.41, 5.74) is 4.95. The molecule has 1 aromatic rings. The van der Waals surface area contributed by atoms with Crippen LogP contribution in [0.2, 0.25) is 0 Å². The van der Waals surface area contributed by atoms with Crippen LogP contribution in [0.3, 0.4) is 0 Å². The van der Waals surface area contributed by atoms with Crippen molar-refractivity contribution in [1.29, 1.82) is 0 Å². The van der Waals surface area contributed by atoms with Gasteiger partial charge in [-0.15, -0.1) is 0 Å². The monoisotopic (exact) mass is 331 g/mol. The van der Waals surface area contributed by atoms with Gasteiger partial charge >= 0.3 is 6.09 Å². The number of aromatic nitrogens is 2. The van der Waals surface area contributed by atoms with E-state index in [0.717, 1.165) is 4.47 Å². The normalized spacial score (nSPS) is 20.3. The van der Waals surface area contributed by atoms with E-state index in [1.54, 1.807) is 10.9 Å². The number of nitrogens with zero attached hydrogens (tertiary/aromatic N) is 2. The van der Waals surface area contributed by atoms with Crippen LogP contribution in [-0.2, 0) is 11.3 Å². The van der Waals surface area contributed by atoms with Gasteiger partial charge in [-0.3, -0.25) is 0 Å². The third-order valence-electron chi connectivity index (χ3n) is 3.12. The van der Waals surface area contributed by atoms with E-state index in [4.69, 9.17) is 15.2 Å². The molecule has 0 aliphatic carbocycles. The first-order chi connectivity index (χ1) is 8.79. The Morgan fingerprint density at radius 2 is 2.37 bits per heavy atom. The summed E-state index contributed by atoms with van der Waals surface area (Å²) in [5.74, 6) is 0.731. The van der Waals surface area contributed by atoms with E-state index in [1.807, 2.05) is 20.8 Å². The van der Waals surface area contributed by atoms with Gasteiger partial charge < -0.3 is 15.2 Å². The zero-order valence-electron chi connectivity index (χ0n) is 11.2. The molecule has 7 heteroatoms. The molecule has 2 atom stereocenters. The molecule has 0 fully saturated rings. The van der Waals surface area contributed by atoms with Crippen molar-refractivity contribution in [3.05, 3.63) is 10.7 Å². The number of rotatable bonds is 2. The Labute approximate surface area is 120 Å². The third kappa shape index (κ3) is 3.02. The number of amides is 1. The van der Waals surface area contributed by atoms with Gasteiger partial charge in [-0.2, -0.15) is 5.10 Å². The van der Waals surface area contributed by atoms with E-state index in [9.17, 15) is 4.79 Å². The Morgan fingerprint density at radius 3 is 2.95 bits per heavy atom. The van der Waals surface area contributed by atoms with Gasteiger partial charge in [0, 0.05) is 0 Å². The molecule has 0 spiro atoms. The number of carbonyl (C=O) groups excluding carboxylic acids is 1. The lowest BCUT2D eigenvalue weighted by molar-refractivity contribution is -0.0349. The summed E-state index contributed by atoms with van der Waals surface area (Å²) in [5, 5.41) is 4.22. The first kappa shape index (κ1) is 14.2. The number of hydrogen-bond acceptors (Lipinski definition) is 4. The van der Waals surface area contributed by atoms with Crippen molar-refractivity contribution in [2.24, 2.45) is 17.1 Å². The molecule has 0 aromatic carbocycles. The molecule has 2 N–H and O–H groups in total. The predicted molar refractivity (Wildman–Crippen MR) is 72.8 cm³/mol. The maximum absolute atomic E-state index is 11.1. The molecule has 0 bridgehead atoms. The van der Waals surface area contributed by atoms with Crippen LogP contribution < -0.4 is 10.5 Å². The molecule has 0 saturated carbocycles. The van der Waals surface area contributed by atoms with Crippen molar-refractivity contribution in [2.75, 3.05) is 6.61 Å². The molecular weight excluding hydrogens is 314 g/mol. The first-order valence-electron chi connectivity index (χ1n) is 6.09. The second-order valence-corrected chi connectivity index (χ2v) is 6.63. The number of nitrogens with two attached hydrogens (primary N) is 1. The Balaban J connectivity index is 2.19. The highest BCUT2D eigenvalue weighted by molar-refractivity contribution is 9.10. The predicted octanol–water partition coefficient (Wildman–Crippen LogP) is 2.16. The van der Waals surface area contributed by atoms with Gasteiger partial charge in [0.25, 0.3) is 0 Å². The van der Waals surface area contributed by atoms with E-state index < -0.39 is 6.09 Å². The van der Waals surface area contributed by atoms with E-state index in [1.165, 1.54) is 0 Å². The van der Waals surface area contributed by atoms with Crippen LogP contribution in [0, 0.1) is 11.3 Å². The number of fused-ring (bicyclic) bond motifs is 1. The van der Waals surface area contributed by atoms with Gasteiger partial charge in [0.1, 0.15) is 6.10 Å². The van der Waals surface area contributed by atoms with Crippen molar-refractivity contribution in [1.82, 2.24) is 9.78 Å². The molecule has 106 valence electrons. The molecule has 0 radical (unpaired) electrons. The zero-order chi connectivity index (χ0) is 14.2. The highest BCUT2D eigenvalue weighted by Gasteiger charge is 2.38. The van der Waals surface area contributed by atoms with Crippen molar-refractivity contribution in [3.8, 4) is 5.88 Å². The Morgan fingerprint density at radius 1 is 1.68 bits per heavy atom. The van der Waals surface area contributed by atoms with Crippen LogP contribution in [0.4, 0.5) is 4.79 Å². The number of ether oxygens (including phenoxy) is 2. The fourth-order valence-corrected chi connectivity index (χ4v) is 2.78. The third-order valence-corrected chi connectivity index (χ3v) is 3.66. The maximum atomic E-state index is 11.1. The molecule has 2 rings (SSSR count). The Hall–Kier alpha value is -1.24.